The first kappa shape index (κ1) is 23.5. The summed E-state index contributed by atoms with van der Waals surface area (Å²) in [6, 6.07) is 7.19. The molecule has 176 valence electrons. The van der Waals surface area contributed by atoms with Crippen LogP contribution in [0.15, 0.2) is 42.0 Å². The number of benzene rings is 1. The molecule has 34 heavy (non-hydrogen) atoms. The number of ether oxygens (including phenoxy) is 3. The zero-order valence-electron chi connectivity index (χ0n) is 18.9. The molecular formula is C23H22N4O5S2. The maximum absolute atomic E-state index is 13.0. The third kappa shape index (κ3) is 4.80. The second-order valence-corrected chi connectivity index (χ2v) is 8.95. The van der Waals surface area contributed by atoms with Gasteiger partial charge in [0, 0.05) is 29.1 Å². The summed E-state index contributed by atoms with van der Waals surface area (Å²) in [6.45, 7) is 1.95. The minimum atomic E-state index is -0.510. The Morgan fingerprint density at radius 1 is 1.12 bits per heavy atom. The summed E-state index contributed by atoms with van der Waals surface area (Å²) in [4.78, 5) is 31.0. The molecule has 0 aliphatic heterocycles. The van der Waals surface area contributed by atoms with Crippen molar-refractivity contribution < 1.29 is 23.8 Å². The first-order chi connectivity index (χ1) is 16.4. The molecule has 4 aromatic rings. The van der Waals surface area contributed by atoms with Crippen molar-refractivity contribution in [3.8, 4) is 32.5 Å². The Hall–Kier alpha value is -3.70. The van der Waals surface area contributed by atoms with E-state index in [-0.39, 0.29) is 12.3 Å². The quantitative estimate of drug-likeness (QED) is 0.351. The molecule has 0 fully saturated rings. The van der Waals surface area contributed by atoms with E-state index < -0.39 is 11.9 Å². The molecule has 0 spiro atoms. The van der Waals surface area contributed by atoms with Crippen LogP contribution in [0, 0.1) is 0 Å². The van der Waals surface area contributed by atoms with Crippen LogP contribution in [0.25, 0.3) is 21.0 Å². The SMILES string of the molecule is CCOC(=O)c1sc(-c2ccc(OC)c(OC)c2)cc1NC(=O)c1csc(-c2cnn(C)c2)n1. The summed E-state index contributed by atoms with van der Waals surface area (Å²) in [6.07, 6.45) is 3.52. The highest BCUT2D eigenvalue weighted by atomic mass is 32.1. The Morgan fingerprint density at radius 3 is 2.59 bits per heavy atom. The molecule has 11 heteroatoms. The fourth-order valence-corrected chi connectivity index (χ4v) is 4.97. The van der Waals surface area contributed by atoms with E-state index in [2.05, 4.69) is 15.4 Å². The van der Waals surface area contributed by atoms with E-state index in [1.54, 1.807) is 49.5 Å². The smallest absolute Gasteiger partial charge is 0.350 e. The molecule has 0 radical (unpaired) electrons. The van der Waals surface area contributed by atoms with Gasteiger partial charge in [0.1, 0.15) is 15.6 Å². The highest BCUT2D eigenvalue weighted by Gasteiger charge is 2.22. The van der Waals surface area contributed by atoms with Crippen LogP contribution in [0.2, 0.25) is 0 Å². The molecule has 1 amide bonds. The lowest BCUT2D eigenvalue weighted by molar-refractivity contribution is 0.0533. The summed E-state index contributed by atoms with van der Waals surface area (Å²) >= 11 is 2.56. The van der Waals surface area contributed by atoms with Crippen molar-refractivity contribution in [2.24, 2.45) is 7.05 Å². The topological polar surface area (TPSA) is 105 Å². The van der Waals surface area contributed by atoms with Gasteiger partial charge in [-0.2, -0.15) is 5.10 Å². The van der Waals surface area contributed by atoms with E-state index in [9.17, 15) is 9.59 Å². The molecule has 0 unspecified atom stereocenters. The molecular weight excluding hydrogens is 476 g/mol. The van der Waals surface area contributed by atoms with Gasteiger partial charge in [0.05, 0.1) is 32.7 Å². The number of esters is 1. The molecule has 0 aliphatic carbocycles. The molecule has 0 saturated heterocycles. The molecule has 3 heterocycles. The van der Waals surface area contributed by atoms with Crippen molar-refractivity contribution in [2.75, 3.05) is 26.1 Å². The summed E-state index contributed by atoms with van der Waals surface area (Å²) in [5.74, 6) is 0.217. The van der Waals surface area contributed by atoms with Crippen LogP contribution in [-0.4, -0.2) is 47.5 Å². The number of hydrogen-bond donors (Lipinski definition) is 1. The Labute approximate surface area is 203 Å². The fraction of sp³-hybridized carbons (Fsp3) is 0.217. The van der Waals surface area contributed by atoms with Gasteiger partial charge in [0.15, 0.2) is 11.5 Å². The third-order valence-corrected chi connectivity index (χ3v) is 6.85. The highest BCUT2D eigenvalue weighted by molar-refractivity contribution is 7.18. The number of thiophene rings is 1. The number of aryl methyl sites for hydroxylation is 1. The molecule has 0 saturated carbocycles. The van der Waals surface area contributed by atoms with Crippen LogP contribution < -0.4 is 14.8 Å². The lowest BCUT2D eigenvalue weighted by atomic mass is 10.1. The van der Waals surface area contributed by atoms with Gasteiger partial charge in [-0.05, 0) is 36.8 Å². The van der Waals surface area contributed by atoms with Gasteiger partial charge in [0.25, 0.3) is 5.91 Å². The summed E-state index contributed by atoms with van der Waals surface area (Å²) < 4.78 is 17.6. The molecule has 0 atom stereocenters. The number of hydrogen-bond acceptors (Lipinski definition) is 9. The average molecular weight is 499 g/mol. The molecule has 3 aromatic heterocycles. The lowest BCUT2D eigenvalue weighted by Gasteiger charge is -2.08. The van der Waals surface area contributed by atoms with Crippen molar-refractivity contribution in [1.29, 1.82) is 0 Å². The van der Waals surface area contributed by atoms with Crippen LogP contribution in [0.3, 0.4) is 0 Å². The maximum atomic E-state index is 13.0. The number of thiazole rings is 1. The standard InChI is InChI=1S/C23H22N4O5S2/c1-5-32-23(29)20-15(9-19(34-20)13-6-7-17(30-3)18(8-13)31-4)25-21(28)16-12-33-22(26-16)14-10-24-27(2)11-14/h6-12H,5H2,1-4H3,(H,25,28). The Bertz CT molecular complexity index is 1340. The van der Waals surface area contributed by atoms with E-state index in [1.807, 2.05) is 25.4 Å². The number of anilines is 1. The van der Waals surface area contributed by atoms with Gasteiger partial charge in [-0.15, -0.1) is 22.7 Å². The van der Waals surface area contributed by atoms with E-state index in [1.165, 1.54) is 22.7 Å². The fourth-order valence-electron chi connectivity index (χ4n) is 3.19. The Kier molecular flexibility index (Phi) is 6.94. The van der Waals surface area contributed by atoms with E-state index >= 15 is 0 Å². The number of nitrogens with one attached hydrogen (secondary N) is 1. The minimum absolute atomic E-state index is 0.219. The molecule has 0 aliphatic rings. The van der Waals surface area contributed by atoms with Crippen LogP contribution in [0.5, 0.6) is 11.5 Å². The van der Waals surface area contributed by atoms with Gasteiger partial charge >= 0.3 is 5.97 Å². The molecule has 0 bridgehead atoms. The minimum Gasteiger partial charge on any atom is -0.493 e. The number of carbonyl (C=O) groups is 2. The van der Waals surface area contributed by atoms with Crippen molar-refractivity contribution >= 4 is 40.2 Å². The van der Waals surface area contributed by atoms with Crippen LogP contribution in [-0.2, 0) is 11.8 Å². The number of rotatable bonds is 8. The normalized spacial score (nSPS) is 10.7. The van der Waals surface area contributed by atoms with E-state index in [0.29, 0.717) is 27.1 Å². The molecule has 1 aromatic carbocycles. The van der Waals surface area contributed by atoms with Crippen LogP contribution in [0.4, 0.5) is 5.69 Å². The molecule has 4 rings (SSSR count). The number of nitrogens with zero attached hydrogens (tertiary/aromatic N) is 3. The van der Waals surface area contributed by atoms with Gasteiger partial charge < -0.3 is 19.5 Å². The van der Waals surface area contributed by atoms with Crippen LogP contribution in [0.1, 0.15) is 27.1 Å². The number of methoxy groups -OCH3 is 2. The second-order valence-electron chi connectivity index (χ2n) is 7.04. The lowest BCUT2D eigenvalue weighted by Crippen LogP contribution is -2.14. The Morgan fingerprint density at radius 2 is 1.91 bits per heavy atom. The largest absolute Gasteiger partial charge is 0.493 e. The summed E-state index contributed by atoms with van der Waals surface area (Å²) in [7, 11) is 4.93. The van der Waals surface area contributed by atoms with Gasteiger partial charge in [0.2, 0.25) is 0 Å². The first-order valence-electron chi connectivity index (χ1n) is 10.2. The van der Waals surface area contributed by atoms with Crippen molar-refractivity contribution in [3.63, 3.8) is 0 Å². The third-order valence-electron chi connectivity index (χ3n) is 4.80. The molecule has 1 N–H and O–H groups in total. The van der Waals surface area contributed by atoms with Crippen LogP contribution >= 0.6 is 22.7 Å². The maximum Gasteiger partial charge on any atom is 0.350 e. The van der Waals surface area contributed by atoms with E-state index in [0.717, 1.165) is 16.0 Å². The van der Waals surface area contributed by atoms with Crippen molar-refractivity contribution in [1.82, 2.24) is 14.8 Å². The van der Waals surface area contributed by atoms with Crippen molar-refractivity contribution in [3.05, 3.63) is 52.6 Å². The zero-order chi connectivity index (χ0) is 24.2. The van der Waals surface area contributed by atoms with Crippen molar-refractivity contribution in [2.45, 2.75) is 6.92 Å². The predicted molar refractivity (Wildman–Crippen MR) is 131 cm³/mol. The monoisotopic (exact) mass is 498 g/mol. The highest BCUT2D eigenvalue weighted by Crippen LogP contribution is 2.39. The Balaban J connectivity index is 1.64. The number of amides is 1. The first-order valence-corrected chi connectivity index (χ1v) is 11.9. The van der Waals surface area contributed by atoms with E-state index in [4.69, 9.17) is 14.2 Å². The zero-order valence-corrected chi connectivity index (χ0v) is 20.6. The predicted octanol–water partition coefficient (Wildman–Crippen LogP) is 4.72. The number of aromatic nitrogens is 3. The van der Waals surface area contributed by atoms with Gasteiger partial charge in [-0.1, -0.05) is 0 Å². The average Bonchev–Trinajstić information content (AvgIpc) is 3.58. The number of carbonyl (C=O) groups excluding carboxylic acids is 2. The second kappa shape index (κ2) is 10.1. The van der Waals surface area contributed by atoms with Gasteiger partial charge in [-0.25, -0.2) is 9.78 Å². The summed E-state index contributed by atoms with van der Waals surface area (Å²) in [5, 5.41) is 9.30. The molecule has 9 nitrogen and oxygen atoms in total. The van der Waals surface area contributed by atoms with Gasteiger partial charge in [-0.3, -0.25) is 9.48 Å². The summed E-state index contributed by atoms with van der Waals surface area (Å²) in [5.41, 5.74) is 2.23.